The zero-order chi connectivity index (χ0) is 16.5. The van der Waals surface area contributed by atoms with E-state index in [1.165, 1.54) is 15.8 Å². The van der Waals surface area contributed by atoms with E-state index in [0.717, 1.165) is 22.6 Å². The Hall–Kier alpha value is -2.59. The summed E-state index contributed by atoms with van der Waals surface area (Å²) >= 11 is 1.72. The van der Waals surface area contributed by atoms with Crippen LogP contribution >= 0.6 is 11.9 Å². The van der Waals surface area contributed by atoms with Crippen LogP contribution in [-0.4, -0.2) is 13.9 Å². The number of para-hydroxylation sites is 1. The molecular formula is C20H17N3S. The van der Waals surface area contributed by atoms with Crippen LogP contribution in [0.3, 0.4) is 0 Å². The average molecular weight is 331 g/mol. The maximum Gasteiger partial charge on any atom is 0.125 e. The van der Waals surface area contributed by atoms with Crippen molar-refractivity contribution in [3.05, 3.63) is 78.4 Å². The van der Waals surface area contributed by atoms with Gasteiger partial charge >= 0.3 is 0 Å². The highest BCUT2D eigenvalue weighted by molar-refractivity contribution is 7.98. The molecule has 2 heterocycles. The molecular weight excluding hydrogens is 314 g/mol. The smallest absolute Gasteiger partial charge is 0.125 e. The van der Waals surface area contributed by atoms with Crippen molar-refractivity contribution >= 4 is 22.9 Å². The Bertz CT molecular complexity index is 1010. The van der Waals surface area contributed by atoms with Crippen molar-refractivity contribution in [1.29, 1.82) is 0 Å². The molecule has 0 atom stereocenters. The summed E-state index contributed by atoms with van der Waals surface area (Å²) in [6.45, 7) is 3.99. The quantitative estimate of drug-likeness (QED) is 0.512. The summed E-state index contributed by atoms with van der Waals surface area (Å²) < 4.78 is 2.22. The maximum absolute atomic E-state index is 4.68. The first-order chi connectivity index (χ1) is 11.7. The van der Waals surface area contributed by atoms with Crippen molar-refractivity contribution in [3.8, 4) is 11.3 Å². The molecule has 2 aromatic heterocycles. The number of fused-ring (bicyclic) bond motifs is 1. The van der Waals surface area contributed by atoms with Crippen LogP contribution in [-0.2, 0) is 0 Å². The van der Waals surface area contributed by atoms with E-state index in [0.29, 0.717) is 0 Å². The molecule has 0 saturated heterocycles. The molecule has 4 aromatic rings. The summed E-state index contributed by atoms with van der Waals surface area (Å²) in [6, 6.07) is 18.9. The molecule has 24 heavy (non-hydrogen) atoms. The summed E-state index contributed by atoms with van der Waals surface area (Å²) in [5, 5.41) is 1.21. The van der Waals surface area contributed by atoms with Crippen molar-refractivity contribution < 1.29 is 0 Å². The lowest BCUT2D eigenvalue weighted by molar-refractivity contribution is 1.04. The number of benzene rings is 2. The van der Waals surface area contributed by atoms with E-state index < -0.39 is 0 Å². The van der Waals surface area contributed by atoms with E-state index in [1.54, 1.807) is 11.9 Å². The topological polar surface area (TPSA) is 30.7 Å². The zero-order valence-corrected chi connectivity index (χ0v) is 14.4. The van der Waals surface area contributed by atoms with E-state index in [9.17, 15) is 0 Å². The molecule has 3 nitrogen and oxygen atoms in total. The Kier molecular flexibility index (Phi) is 3.82. The van der Waals surface area contributed by atoms with Crippen molar-refractivity contribution in [2.45, 2.75) is 18.7 Å². The molecule has 0 unspecified atom stereocenters. The number of rotatable bonds is 3. The van der Waals surface area contributed by atoms with E-state index in [1.807, 2.05) is 19.2 Å². The van der Waals surface area contributed by atoms with E-state index in [4.69, 9.17) is 0 Å². The van der Waals surface area contributed by atoms with Crippen LogP contribution in [0.2, 0.25) is 0 Å². The molecule has 0 radical (unpaired) electrons. The maximum atomic E-state index is 4.68. The van der Waals surface area contributed by atoms with Gasteiger partial charge in [-0.05, 0) is 49.6 Å². The lowest BCUT2D eigenvalue weighted by Gasteiger charge is -2.04. The lowest BCUT2D eigenvalue weighted by atomic mass is 10.1. The third-order valence-electron chi connectivity index (χ3n) is 3.97. The van der Waals surface area contributed by atoms with Gasteiger partial charge in [-0.3, -0.25) is 3.97 Å². The standard InChI is InChI=1S/C20H17N3S/c1-14-12-21-15(2)22-20(14)18-13-23(19-11-7-6-10-17(18)19)24-16-8-4-3-5-9-16/h3-13H,1-2H3. The van der Waals surface area contributed by atoms with Crippen molar-refractivity contribution in [3.63, 3.8) is 0 Å². The molecule has 0 amide bonds. The molecule has 118 valence electrons. The Balaban J connectivity index is 1.90. The molecule has 0 fully saturated rings. The van der Waals surface area contributed by atoms with Gasteiger partial charge in [-0.2, -0.15) is 0 Å². The second-order valence-electron chi connectivity index (χ2n) is 5.74. The average Bonchev–Trinajstić information content (AvgIpc) is 2.97. The lowest BCUT2D eigenvalue weighted by Crippen LogP contribution is -1.93. The van der Waals surface area contributed by atoms with Crippen molar-refractivity contribution in [1.82, 2.24) is 13.9 Å². The van der Waals surface area contributed by atoms with Crippen LogP contribution in [0.4, 0.5) is 0 Å². The fraction of sp³-hybridized carbons (Fsp3) is 0.100. The van der Waals surface area contributed by atoms with Crippen LogP contribution in [0.25, 0.3) is 22.2 Å². The molecule has 4 rings (SSSR count). The first-order valence-electron chi connectivity index (χ1n) is 7.86. The molecule has 4 heteroatoms. The highest BCUT2D eigenvalue weighted by Gasteiger charge is 2.14. The van der Waals surface area contributed by atoms with Gasteiger partial charge in [-0.25, -0.2) is 9.97 Å². The molecule has 0 bridgehead atoms. The molecule has 0 aliphatic carbocycles. The van der Waals surface area contributed by atoms with Crippen LogP contribution in [0, 0.1) is 13.8 Å². The number of aryl methyl sites for hydroxylation is 2. The van der Waals surface area contributed by atoms with Gasteiger partial charge in [-0.1, -0.05) is 36.4 Å². The third kappa shape index (κ3) is 2.69. The summed E-state index contributed by atoms with van der Waals surface area (Å²) in [7, 11) is 0. The van der Waals surface area contributed by atoms with Crippen molar-refractivity contribution in [2.24, 2.45) is 0 Å². The minimum atomic E-state index is 0.795. The van der Waals surface area contributed by atoms with Crippen LogP contribution < -0.4 is 0 Å². The van der Waals surface area contributed by atoms with Gasteiger partial charge in [0.1, 0.15) is 5.82 Å². The fourth-order valence-electron chi connectivity index (χ4n) is 2.81. The molecule has 0 N–H and O–H groups in total. The van der Waals surface area contributed by atoms with Crippen LogP contribution in [0.15, 0.2) is 71.9 Å². The molecule has 0 aliphatic rings. The van der Waals surface area contributed by atoms with Gasteiger partial charge in [0.25, 0.3) is 0 Å². The van der Waals surface area contributed by atoms with E-state index in [2.05, 4.69) is 75.6 Å². The van der Waals surface area contributed by atoms with Gasteiger partial charge in [0.05, 0.1) is 11.2 Å². The fourth-order valence-corrected chi connectivity index (χ4v) is 3.73. The monoisotopic (exact) mass is 331 g/mol. The van der Waals surface area contributed by atoms with Gasteiger partial charge in [0.2, 0.25) is 0 Å². The second kappa shape index (κ2) is 6.13. The number of hydrogen-bond acceptors (Lipinski definition) is 3. The first-order valence-corrected chi connectivity index (χ1v) is 8.64. The normalized spacial score (nSPS) is 11.1. The Morgan fingerprint density at radius 2 is 1.67 bits per heavy atom. The van der Waals surface area contributed by atoms with E-state index in [-0.39, 0.29) is 0 Å². The van der Waals surface area contributed by atoms with Gasteiger partial charge < -0.3 is 0 Å². The molecule has 0 spiro atoms. The zero-order valence-electron chi connectivity index (χ0n) is 13.6. The SMILES string of the molecule is Cc1ncc(C)c(-c2cn(Sc3ccccc3)c3ccccc23)n1. The highest BCUT2D eigenvalue weighted by Crippen LogP contribution is 2.35. The Morgan fingerprint density at radius 3 is 2.50 bits per heavy atom. The van der Waals surface area contributed by atoms with Crippen molar-refractivity contribution in [2.75, 3.05) is 0 Å². The predicted octanol–water partition coefficient (Wildman–Crippen LogP) is 5.27. The van der Waals surface area contributed by atoms with E-state index >= 15 is 0 Å². The Labute approximate surface area is 145 Å². The summed E-state index contributed by atoms with van der Waals surface area (Å²) in [6.07, 6.45) is 4.07. The van der Waals surface area contributed by atoms with Gasteiger partial charge in [-0.15, -0.1) is 0 Å². The Morgan fingerprint density at radius 1 is 0.917 bits per heavy atom. The summed E-state index contributed by atoms with van der Waals surface area (Å²) in [5.74, 6) is 0.795. The largest absolute Gasteiger partial charge is 0.286 e. The van der Waals surface area contributed by atoms with Gasteiger partial charge in [0, 0.05) is 28.2 Å². The molecule has 0 aliphatic heterocycles. The van der Waals surface area contributed by atoms with Gasteiger partial charge in [0.15, 0.2) is 0 Å². The summed E-state index contributed by atoms with van der Waals surface area (Å²) in [5.41, 5.74) is 4.44. The predicted molar refractivity (Wildman–Crippen MR) is 100 cm³/mol. The molecule has 2 aromatic carbocycles. The number of nitrogens with zero attached hydrogens (tertiary/aromatic N) is 3. The minimum absolute atomic E-state index is 0.795. The summed E-state index contributed by atoms with van der Waals surface area (Å²) in [4.78, 5) is 10.2. The molecule has 0 saturated carbocycles. The van der Waals surface area contributed by atoms with Crippen LogP contribution in [0.1, 0.15) is 11.4 Å². The third-order valence-corrected chi connectivity index (χ3v) is 4.95. The number of hydrogen-bond donors (Lipinski definition) is 0. The number of aromatic nitrogens is 3. The highest BCUT2D eigenvalue weighted by atomic mass is 32.2. The second-order valence-corrected chi connectivity index (χ2v) is 6.79. The van der Waals surface area contributed by atoms with Crippen LogP contribution in [0.5, 0.6) is 0 Å². The first kappa shape index (κ1) is 15.0. The minimum Gasteiger partial charge on any atom is -0.286 e.